The summed E-state index contributed by atoms with van der Waals surface area (Å²) in [6.45, 7) is 2.19. The average molecular weight is 512 g/mol. The minimum absolute atomic E-state index is 0.0244. The minimum atomic E-state index is -0.245. The molecule has 1 amide bonds. The highest BCUT2D eigenvalue weighted by Crippen LogP contribution is 2.54. The summed E-state index contributed by atoms with van der Waals surface area (Å²) < 4.78 is 1.88. The van der Waals surface area contributed by atoms with Gasteiger partial charge < -0.3 is 10.2 Å². The first-order chi connectivity index (χ1) is 14.0. The van der Waals surface area contributed by atoms with Gasteiger partial charge in [-0.1, -0.05) is 57.9 Å². The Kier molecular flexibility index (Phi) is 4.56. The molecule has 5 rings (SSSR count). The summed E-state index contributed by atoms with van der Waals surface area (Å²) in [7, 11) is 2.10. The molecule has 2 aromatic rings. The molecule has 3 nitrogen and oxygen atoms in total. The van der Waals surface area contributed by atoms with Crippen molar-refractivity contribution in [1.82, 2.24) is 4.90 Å². The maximum absolute atomic E-state index is 13.2. The first-order valence-corrected chi connectivity index (χ1v) is 11.2. The number of allylic oxidation sites excluding steroid dienone is 3. The van der Waals surface area contributed by atoms with Crippen molar-refractivity contribution >= 4 is 49.0 Å². The van der Waals surface area contributed by atoms with Crippen molar-refractivity contribution in [2.45, 2.75) is 24.8 Å². The molecule has 1 N–H and O–H groups in total. The van der Waals surface area contributed by atoms with Crippen LogP contribution in [0.3, 0.4) is 0 Å². The van der Waals surface area contributed by atoms with Crippen molar-refractivity contribution in [3.63, 3.8) is 0 Å². The Hall–Kier alpha value is -2.11. The summed E-state index contributed by atoms with van der Waals surface area (Å²) >= 11 is 7.21. The van der Waals surface area contributed by atoms with Crippen LogP contribution in [0.25, 0.3) is 5.57 Å². The van der Waals surface area contributed by atoms with Crippen LogP contribution in [0.2, 0.25) is 0 Å². The number of amides is 1. The molecule has 0 saturated heterocycles. The molecule has 3 atom stereocenters. The summed E-state index contributed by atoms with van der Waals surface area (Å²) in [6, 6.07) is 12.8. The lowest BCUT2D eigenvalue weighted by Gasteiger charge is -2.29. The molecule has 146 valence electrons. The number of hydrogen-bond acceptors (Lipinski definition) is 2. The van der Waals surface area contributed by atoms with E-state index in [1.54, 1.807) is 0 Å². The number of carbonyl (C=O) groups excluding carboxylic acids is 1. The summed E-state index contributed by atoms with van der Waals surface area (Å²) in [5.74, 6) is -0.158. The lowest BCUT2D eigenvalue weighted by atomic mass is 9.80. The molecule has 3 unspecified atom stereocenters. The predicted molar refractivity (Wildman–Crippen MR) is 125 cm³/mol. The highest BCUT2D eigenvalue weighted by molar-refractivity contribution is 9.11. The zero-order valence-electron chi connectivity index (χ0n) is 16.1. The smallest absolute Gasteiger partial charge is 0.232 e. The van der Waals surface area contributed by atoms with Gasteiger partial charge in [0, 0.05) is 21.9 Å². The molecule has 0 aromatic heterocycles. The van der Waals surface area contributed by atoms with Crippen LogP contribution in [0.5, 0.6) is 0 Å². The van der Waals surface area contributed by atoms with E-state index in [0.29, 0.717) is 0 Å². The third-order valence-electron chi connectivity index (χ3n) is 6.22. The van der Waals surface area contributed by atoms with Crippen molar-refractivity contribution in [2.75, 3.05) is 12.4 Å². The number of nitrogens with one attached hydrogen (secondary N) is 1. The average Bonchev–Trinajstić information content (AvgIpc) is 3.16. The van der Waals surface area contributed by atoms with Gasteiger partial charge in [-0.05, 0) is 69.5 Å². The van der Waals surface area contributed by atoms with E-state index in [0.717, 1.165) is 20.2 Å². The standard InChI is InChI=1S/C24H20Br2N2O/c1-13-20(19-9-5-6-10-28(19)2)15-7-3-4-8-16(15)21(13)22-17-11-14(25)12-18(26)23(17)27-24(22)29/h3-12,19,21-22H,1-2H3,(H,27,29). The molecule has 0 saturated carbocycles. The zero-order chi connectivity index (χ0) is 20.3. The maximum atomic E-state index is 13.2. The fraction of sp³-hybridized carbons (Fsp3) is 0.208. The number of hydrogen-bond donors (Lipinski definition) is 1. The fourth-order valence-electron chi connectivity index (χ4n) is 4.98. The van der Waals surface area contributed by atoms with Crippen LogP contribution in [0.15, 0.2) is 75.3 Å². The van der Waals surface area contributed by atoms with E-state index < -0.39 is 0 Å². The Labute approximate surface area is 187 Å². The number of benzene rings is 2. The number of fused-ring (bicyclic) bond motifs is 2. The molecule has 2 aromatic carbocycles. The second-order valence-electron chi connectivity index (χ2n) is 7.82. The van der Waals surface area contributed by atoms with Crippen molar-refractivity contribution in [3.8, 4) is 0 Å². The van der Waals surface area contributed by atoms with Crippen LogP contribution < -0.4 is 5.32 Å². The van der Waals surface area contributed by atoms with E-state index >= 15 is 0 Å². The van der Waals surface area contributed by atoms with Crippen LogP contribution >= 0.6 is 31.9 Å². The lowest BCUT2D eigenvalue weighted by molar-refractivity contribution is -0.117. The molecular weight excluding hydrogens is 492 g/mol. The number of rotatable bonds is 2. The molecule has 29 heavy (non-hydrogen) atoms. The highest BCUT2D eigenvalue weighted by atomic mass is 79.9. The van der Waals surface area contributed by atoms with Gasteiger partial charge in [0.25, 0.3) is 0 Å². The Balaban J connectivity index is 1.70. The van der Waals surface area contributed by atoms with Crippen molar-refractivity contribution in [1.29, 1.82) is 0 Å². The quantitative estimate of drug-likeness (QED) is 0.520. The molecule has 5 heteroatoms. The summed E-state index contributed by atoms with van der Waals surface area (Å²) in [4.78, 5) is 15.4. The molecule has 0 fully saturated rings. The number of halogens is 2. The lowest BCUT2D eigenvalue weighted by Crippen LogP contribution is -2.28. The van der Waals surface area contributed by atoms with Gasteiger partial charge in [-0.3, -0.25) is 4.79 Å². The first kappa shape index (κ1) is 18.9. The molecule has 2 heterocycles. The third-order valence-corrected chi connectivity index (χ3v) is 7.31. The molecule has 0 radical (unpaired) electrons. The topological polar surface area (TPSA) is 32.3 Å². The Morgan fingerprint density at radius 2 is 1.83 bits per heavy atom. The summed E-state index contributed by atoms with van der Waals surface area (Å²) in [5, 5.41) is 3.11. The normalized spacial score (nSPS) is 24.8. The van der Waals surface area contributed by atoms with E-state index in [-0.39, 0.29) is 23.8 Å². The van der Waals surface area contributed by atoms with Crippen LogP contribution in [-0.4, -0.2) is 23.9 Å². The third kappa shape index (κ3) is 2.86. The summed E-state index contributed by atoms with van der Waals surface area (Å²) in [6.07, 6.45) is 8.49. The van der Waals surface area contributed by atoms with Gasteiger partial charge in [-0.2, -0.15) is 0 Å². The molecule has 1 aliphatic carbocycles. The van der Waals surface area contributed by atoms with E-state index in [2.05, 4.69) is 111 Å². The second kappa shape index (κ2) is 6.99. The largest absolute Gasteiger partial charge is 0.370 e. The zero-order valence-corrected chi connectivity index (χ0v) is 19.3. The van der Waals surface area contributed by atoms with Crippen molar-refractivity contribution < 1.29 is 4.79 Å². The van der Waals surface area contributed by atoms with Crippen molar-refractivity contribution in [2.24, 2.45) is 0 Å². The molecule has 0 bridgehead atoms. The maximum Gasteiger partial charge on any atom is 0.232 e. The van der Waals surface area contributed by atoms with Crippen LogP contribution in [-0.2, 0) is 4.79 Å². The van der Waals surface area contributed by atoms with E-state index in [1.807, 2.05) is 6.07 Å². The highest BCUT2D eigenvalue weighted by Gasteiger charge is 2.44. The fourth-order valence-corrected chi connectivity index (χ4v) is 6.33. The Bertz CT molecular complexity index is 1130. The minimum Gasteiger partial charge on any atom is -0.370 e. The Morgan fingerprint density at radius 1 is 1.03 bits per heavy atom. The van der Waals surface area contributed by atoms with Crippen LogP contribution in [0, 0.1) is 0 Å². The van der Waals surface area contributed by atoms with Crippen LogP contribution in [0.4, 0.5) is 5.69 Å². The van der Waals surface area contributed by atoms with E-state index in [4.69, 9.17) is 0 Å². The first-order valence-electron chi connectivity index (χ1n) is 9.64. The Morgan fingerprint density at radius 3 is 2.62 bits per heavy atom. The van der Waals surface area contributed by atoms with Crippen LogP contribution in [0.1, 0.15) is 35.4 Å². The monoisotopic (exact) mass is 510 g/mol. The number of carbonyl (C=O) groups is 1. The molecular formula is C24H20Br2N2O. The molecule has 3 aliphatic rings. The molecule has 0 spiro atoms. The van der Waals surface area contributed by atoms with Gasteiger partial charge in [0.15, 0.2) is 0 Å². The predicted octanol–water partition coefficient (Wildman–Crippen LogP) is 6.20. The number of anilines is 1. The van der Waals surface area contributed by atoms with Gasteiger partial charge in [0.05, 0.1) is 17.6 Å². The van der Waals surface area contributed by atoms with Gasteiger partial charge in [-0.15, -0.1) is 0 Å². The summed E-state index contributed by atoms with van der Waals surface area (Å²) in [5.41, 5.74) is 7.00. The number of likely N-dealkylation sites (N-methyl/N-ethyl adjacent to an activating group) is 1. The van der Waals surface area contributed by atoms with E-state index in [1.165, 1.54) is 22.3 Å². The van der Waals surface area contributed by atoms with Gasteiger partial charge in [0.1, 0.15) is 0 Å². The number of nitrogens with zero attached hydrogens (tertiary/aromatic N) is 1. The second-order valence-corrected chi connectivity index (χ2v) is 9.59. The van der Waals surface area contributed by atoms with E-state index in [9.17, 15) is 4.79 Å². The van der Waals surface area contributed by atoms with Gasteiger partial charge in [0.2, 0.25) is 5.91 Å². The molecule has 2 aliphatic heterocycles. The van der Waals surface area contributed by atoms with Gasteiger partial charge in [-0.25, -0.2) is 0 Å². The SMILES string of the molecule is CC1=C(C2C=CC=CN2C)c2ccccc2C1C1C(=O)Nc2c(Br)cc(Br)cc21. The van der Waals surface area contributed by atoms with Crippen molar-refractivity contribution in [3.05, 3.63) is 92.0 Å². The van der Waals surface area contributed by atoms with Gasteiger partial charge >= 0.3 is 0 Å².